The van der Waals surface area contributed by atoms with E-state index in [4.69, 9.17) is 4.74 Å². The summed E-state index contributed by atoms with van der Waals surface area (Å²) in [5.41, 5.74) is -0.329. The van der Waals surface area contributed by atoms with Gasteiger partial charge in [-0.15, -0.1) is 0 Å². The topological polar surface area (TPSA) is 58.6 Å². The zero-order valence-electron chi connectivity index (χ0n) is 11.1. The summed E-state index contributed by atoms with van der Waals surface area (Å²) in [6.07, 6.45) is 0.834. The Balaban J connectivity index is 2.51. The number of hydrogen-bond acceptors (Lipinski definition) is 4. The second kappa shape index (κ2) is 5.49. The standard InChI is InChI=1S/C12H22N2O3/c1-9(10(15)17-4)7-14-6-5-12(2,8-14)11(16)13-3/h9H,5-8H2,1-4H3,(H,13,16). The van der Waals surface area contributed by atoms with Crippen LogP contribution in [0.4, 0.5) is 0 Å². The fourth-order valence-corrected chi connectivity index (χ4v) is 2.36. The molecule has 17 heavy (non-hydrogen) atoms. The molecule has 1 saturated heterocycles. The molecule has 1 heterocycles. The Labute approximate surface area is 102 Å². The minimum Gasteiger partial charge on any atom is -0.469 e. The number of nitrogens with one attached hydrogen (secondary N) is 1. The van der Waals surface area contributed by atoms with Crippen LogP contribution in [0, 0.1) is 11.3 Å². The highest BCUT2D eigenvalue weighted by molar-refractivity contribution is 5.82. The first kappa shape index (κ1) is 14.0. The molecule has 0 aromatic heterocycles. The predicted octanol–water partition coefficient (Wildman–Crippen LogP) is 0.254. The van der Waals surface area contributed by atoms with Crippen LogP contribution in [0.25, 0.3) is 0 Å². The first-order valence-electron chi connectivity index (χ1n) is 5.95. The van der Waals surface area contributed by atoms with Crippen molar-refractivity contribution in [2.24, 2.45) is 11.3 Å². The third kappa shape index (κ3) is 3.19. The van der Waals surface area contributed by atoms with E-state index in [1.54, 1.807) is 7.05 Å². The van der Waals surface area contributed by atoms with Crippen molar-refractivity contribution < 1.29 is 14.3 Å². The van der Waals surface area contributed by atoms with Gasteiger partial charge < -0.3 is 15.0 Å². The molecule has 0 radical (unpaired) electrons. The number of likely N-dealkylation sites (tertiary alicyclic amines) is 1. The van der Waals surface area contributed by atoms with Crippen molar-refractivity contribution in [3.8, 4) is 0 Å². The average molecular weight is 242 g/mol. The van der Waals surface area contributed by atoms with E-state index in [1.807, 2.05) is 13.8 Å². The number of amides is 1. The number of esters is 1. The molecule has 0 saturated carbocycles. The van der Waals surface area contributed by atoms with Crippen LogP contribution >= 0.6 is 0 Å². The lowest BCUT2D eigenvalue weighted by molar-refractivity contribution is -0.145. The molecule has 98 valence electrons. The summed E-state index contributed by atoms with van der Waals surface area (Å²) in [5, 5.41) is 2.70. The molecular formula is C12H22N2O3. The number of carbonyl (C=O) groups is 2. The number of rotatable bonds is 4. The zero-order chi connectivity index (χ0) is 13.1. The molecule has 2 unspecified atom stereocenters. The van der Waals surface area contributed by atoms with Crippen LogP contribution in [0.5, 0.6) is 0 Å². The lowest BCUT2D eigenvalue weighted by Gasteiger charge is -2.23. The van der Waals surface area contributed by atoms with Gasteiger partial charge in [0.1, 0.15) is 0 Å². The van der Waals surface area contributed by atoms with Crippen molar-refractivity contribution in [1.29, 1.82) is 0 Å². The molecule has 1 amide bonds. The highest BCUT2D eigenvalue weighted by atomic mass is 16.5. The highest BCUT2D eigenvalue weighted by Crippen LogP contribution is 2.30. The minimum atomic E-state index is -0.329. The molecule has 1 aliphatic rings. The molecule has 1 rings (SSSR count). The van der Waals surface area contributed by atoms with Crippen LogP contribution in [0.15, 0.2) is 0 Å². The fraction of sp³-hybridized carbons (Fsp3) is 0.833. The van der Waals surface area contributed by atoms with E-state index >= 15 is 0 Å². The van der Waals surface area contributed by atoms with Crippen molar-refractivity contribution in [3.63, 3.8) is 0 Å². The lowest BCUT2D eigenvalue weighted by Crippen LogP contribution is -2.40. The van der Waals surface area contributed by atoms with Crippen LogP contribution in [-0.4, -0.2) is 50.6 Å². The summed E-state index contributed by atoms with van der Waals surface area (Å²) in [6, 6.07) is 0. The van der Waals surface area contributed by atoms with Crippen molar-refractivity contribution in [1.82, 2.24) is 10.2 Å². The Kier molecular flexibility index (Phi) is 4.51. The SMILES string of the molecule is CNC(=O)C1(C)CCN(CC(C)C(=O)OC)C1. The quantitative estimate of drug-likeness (QED) is 0.718. The first-order valence-corrected chi connectivity index (χ1v) is 5.95. The molecular weight excluding hydrogens is 220 g/mol. The first-order chi connectivity index (χ1) is 7.92. The molecule has 0 aliphatic carbocycles. The molecule has 0 spiro atoms. The van der Waals surface area contributed by atoms with Crippen LogP contribution in [0.2, 0.25) is 0 Å². The van der Waals surface area contributed by atoms with E-state index in [0.717, 1.165) is 13.0 Å². The van der Waals surface area contributed by atoms with E-state index in [9.17, 15) is 9.59 Å². The normalized spacial score (nSPS) is 26.6. The van der Waals surface area contributed by atoms with Gasteiger partial charge in [0, 0.05) is 20.1 Å². The largest absolute Gasteiger partial charge is 0.469 e. The van der Waals surface area contributed by atoms with Crippen LogP contribution < -0.4 is 5.32 Å². The van der Waals surface area contributed by atoms with E-state index in [-0.39, 0.29) is 23.2 Å². The summed E-state index contributed by atoms with van der Waals surface area (Å²) >= 11 is 0. The molecule has 1 aliphatic heterocycles. The summed E-state index contributed by atoms with van der Waals surface area (Å²) in [7, 11) is 3.06. The number of hydrogen-bond donors (Lipinski definition) is 1. The molecule has 0 bridgehead atoms. The maximum Gasteiger partial charge on any atom is 0.309 e. The Morgan fingerprint density at radius 1 is 1.53 bits per heavy atom. The van der Waals surface area contributed by atoms with Gasteiger partial charge in [0.15, 0.2) is 0 Å². The van der Waals surface area contributed by atoms with Gasteiger partial charge in [-0.25, -0.2) is 0 Å². The number of methoxy groups -OCH3 is 1. The average Bonchev–Trinajstić information content (AvgIpc) is 2.69. The Morgan fingerprint density at radius 3 is 2.71 bits per heavy atom. The summed E-state index contributed by atoms with van der Waals surface area (Å²) in [5.74, 6) is -0.267. The van der Waals surface area contributed by atoms with Gasteiger partial charge in [0.05, 0.1) is 18.4 Å². The van der Waals surface area contributed by atoms with Crippen molar-refractivity contribution >= 4 is 11.9 Å². The van der Waals surface area contributed by atoms with Gasteiger partial charge >= 0.3 is 5.97 Å². The monoisotopic (exact) mass is 242 g/mol. The number of nitrogens with zero attached hydrogens (tertiary/aromatic N) is 1. The third-order valence-corrected chi connectivity index (χ3v) is 3.46. The number of ether oxygens (including phenoxy) is 1. The predicted molar refractivity (Wildman–Crippen MR) is 64.4 cm³/mol. The maximum atomic E-state index is 11.7. The third-order valence-electron chi connectivity index (χ3n) is 3.46. The molecule has 2 atom stereocenters. The summed E-state index contributed by atoms with van der Waals surface area (Å²) in [6.45, 7) is 6.02. The van der Waals surface area contributed by atoms with Gasteiger partial charge in [0.25, 0.3) is 0 Å². The highest BCUT2D eigenvalue weighted by Gasteiger charge is 2.40. The van der Waals surface area contributed by atoms with E-state index < -0.39 is 0 Å². The molecule has 5 heteroatoms. The summed E-state index contributed by atoms with van der Waals surface area (Å²) in [4.78, 5) is 25.2. The van der Waals surface area contributed by atoms with E-state index in [1.165, 1.54) is 7.11 Å². The Hall–Kier alpha value is -1.10. The molecule has 0 aromatic carbocycles. The van der Waals surface area contributed by atoms with Crippen molar-refractivity contribution in [3.05, 3.63) is 0 Å². The maximum absolute atomic E-state index is 11.7. The van der Waals surface area contributed by atoms with Gasteiger partial charge in [-0.05, 0) is 19.9 Å². The van der Waals surface area contributed by atoms with E-state index in [0.29, 0.717) is 13.1 Å². The minimum absolute atomic E-state index is 0.0747. The second-order valence-electron chi connectivity index (χ2n) is 5.05. The van der Waals surface area contributed by atoms with Gasteiger partial charge in [0.2, 0.25) is 5.91 Å². The van der Waals surface area contributed by atoms with Crippen LogP contribution in [-0.2, 0) is 14.3 Å². The van der Waals surface area contributed by atoms with E-state index in [2.05, 4.69) is 10.2 Å². The van der Waals surface area contributed by atoms with Gasteiger partial charge in [-0.2, -0.15) is 0 Å². The van der Waals surface area contributed by atoms with Crippen LogP contribution in [0.1, 0.15) is 20.3 Å². The second-order valence-corrected chi connectivity index (χ2v) is 5.05. The zero-order valence-corrected chi connectivity index (χ0v) is 11.1. The Morgan fingerprint density at radius 2 is 2.18 bits per heavy atom. The summed E-state index contributed by atoms with van der Waals surface area (Å²) < 4.78 is 4.70. The van der Waals surface area contributed by atoms with Gasteiger partial charge in [-0.3, -0.25) is 9.59 Å². The number of carbonyl (C=O) groups excluding carboxylic acids is 2. The molecule has 5 nitrogen and oxygen atoms in total. The Bertz CT molecular complexity index is 306. The van der Waals surface area contributed by atoms with Gasteiger partial charge in [-0.1, -0.05) is 6.92 Å². The molecule has 1 N–H and O–H groups in total. The van der Waals surface area contributed by atoms with Crippen molar-refractivity contribution in [2.75, 3.05) is 33.8 Å². The smallest absolute Gasteiger partial charge is 0.309 e. The van der Waals surface area contributed by atoms with Crippen LogP contribution in [0.3, 0.4) is 0 Å². The molecule has 1 fully saturated rings. The molecule has 0 aromatic rings. The van der Waals surface area contributed by atoms with Crippen molar-refractivity contribution in [2.45, 2.75) is 20.3 Å². The fourth-order valence-electron chi connectivity index (χ4n) is 2.36. The lowest BCUT2D eigenvalue weighted by atomic mass is 9.89.